The van der Waals surface area contributed by atoms with Crippen LogP contribution in [-0.2, 0) is 14.8 Å². The molecule has 1 aromatic carbocycles. The van der Waals surface area contributed by atoms with Crippen molar-refractivity contribution in [1.29, 1.82) is 0 Å². The summed E-state index contributed by atoms with van der Waals surface area (Å²) in [5.41, 5.74) is 0.281. The molecular weight excluding hydrogens is 359 g/mol. The van der Waals surface area contributed by atoms with Crippen LogP contribution in [0, 0.1) is 0 Å². The van der Waals surface area contributed by atoms with Gasteiger partial charge in [0.15, 0.2) is 0 Å². The van der Waals surface area contributed by atoms with E-state index in [1.165, 1.54) is 24.6 Å². The second kappa shape index (κ2) is 7.73. The third kappa shape index (κ3) is 5.55. The predicted molar refractivity (Wildman–Crippen MR) is 93.7 cm³/mol. The largest absolute Gasteiger partial charge is 0.352 e. The lowest BCUT2D eigenvalue weighted by molar-refractivity contribution is -0.120. The highest BCUT2D eigenvalue weighted by Crippen LogP contribution is 2.27. The summed E-state index contributed by atoms with van der Waals surface area (Å²) in [6.07, 6.45) is 6.29. The molecule has 5 nitrogen and oxygen atoms in total. The lowest BCUT2D eigenvalue weighted by Crippen LogP contribution is -2.44. The standard InChI is InChI=1S/C15H20Cl2N2O3S/c1-23(21,22)19(14-8-11(16)7-12(17)9-14)10-15(20)18-13-5-3-2-4-6-13/h7-9,13H,2-6,10H2,1H3,(H,18,20). The molecule has 0 heterocycles. The number of benzene rings is 1. The van der Waals surface area contributed by atoms with Crippen molar-refractivity contribution in [2.24, 2.45) is 0 Å². The maximum absolute atomic E-state index is 12.2. The van der Waals surface area contributed by atoms with Crippen LogP contribution in [0.25, 0.3) is 0 Å². The van der Waals surface area contributed by atoms with Gasteiger partial charge in [-0.05, 0) is 31.0 Å². The minimum absolute atomic E-state index is 0.126. The summed E-state index contributed by atoms with van der Waals surface area (Å²) in [5, 5.41) is 3.54. The minimum atomic E-state index is -3.63. The first-order valence-electron chi connectivity index (χ1n) is 7.49. The van der Waals surface area contributed by atoms with Crippen LogP contribution in [0.4, 0.5) is 5.69 Å². The Labute approximate surface area is 147 Å². The van der Waals surface area contributed by atoms with Crippen LogP contribution < -0.4 is 9.62 Å². The molecule has 2 rings (SSSR count). The molecule has 0 radical (unpaired) electrons. The number of hydrogen-bond donors (Lipinski definition) is 1. The van der Waals surface area contributed by atoms with Crippen molar-refractivity contribution in [2.75, 3.05) is 17.1 Å². The van der Waals surface area contributed by atoms with Gasteiger partial charge in [-0.25, -0.2) is 8.42 Å². The Hall–Kier alpha value is -0.980. The maximum atomic E-state index is 12.2. The molecule has 0 atom stereocenters. The Balaban J connectivity index is 2.14. The molecule has 8 heteroatoms. The van der Waals surface area contributed by atoms with Crippen molar-refractivity contribution in [3.8, 4) is 0 Å². The highest BCUT2D eigenvalue weighted by atomic mass is 35.5. The van der Waals surface area contributed by atoms with E-state index in [1.807, 2.05) is 0 Å². The van der Waals surface area contributed by atoms with Crippen LogP contribution in [0.3, 0.4) is 0 Å². The third-order valence-corrected chi connectivity index (χ3v) is 5.37. The van der Waals surface area contributed by atoms with Gasteiger partial charge in [-0.1, -0.05) is 42.5 Å². The lowest BCUT2D eigenvalue weighted by Gasteiger charge is -2.26. The smallest absolute Gasteiger partial charge is 0.240 e. The van der Waals surface area contributed by atoms with Gasteiger partial charge in [0.1, 0.15) is 6.54 Å². The second-order valence-electron chi connectivity index (χ2n) is 5.80. The third-order valence-electron chi connectivity index (χ3n) is 3.79. The van der Waals surface area contributed by atoms with Crippen molar-refractivity contribution in [1.82, 2.24) is 5.32 Å². The second-order valence-corrected chi connectivity index (χ2v) is 8.58. The van der Waals surface area contributed by atoms with E-state index in [1.54, 1.807) is 0 Å². The van der Waals surface area contributed by atoms with Crippen molar-refractivity contribution in [3.63, 3.8) is 0 Å². The molecular formula is C15H20Cl2N2O3S. The number of nitrogens with one attached hydrogen (secondary N) is 1. The van der Waals surface area contributed by atoms with E-state index in [9.17, 15) is 13.2 Å². The summed E-state index contributed by atoms with van der Waals surface area (Å²) in [4.78, 5) is 12.2. The number of nitrogens with zero attached hydrogens (tertiary/aromatic N) is 1. The van der Waals surface area contributed by atoms with Crippen molar-refractivity contribution >= 4 is 44.8 Å². The van der Waals surface area contributed by atoms with Gasteiger partial charge in [0.05, 0.1) is 11.9 Å². The Morgan fingerprint density at radius 1 is 1.17 bits per heavy atom. The molecule has 0 bridgehead atoms. The number of rotatable bonds is 5. The first-order valence-corrected chi connectivity index (χ1v) is 10.1. The van der Waals surface area contributed by atoms with E-state index >= 15 is 0 Å². The van der Waals surface area contributed by atoms with Gasteiger partial charge in [-0.3, -0.25) is 9.10 Å². The summed E-state index contributed by atoms with van der Waals surface area (Å²) in [5.74, 6) is -0.321. The predicted octanol–water partition coefficient (Wildman–Crippen LogP) is 3.21. The zero-order chi connectivity index (χ0) is 17.0. The van der Waals surface area contributed by atoms with Crippen molar-refractivity contribution in [3.05, 3.63) is 28.2 Å². The number of hydrogen-bond acceptors (Lipinski definition) is 3. The summed E-state index contributed by atoms with van der Waals surface area (Å²) in [6.45, 7) is -0.286. The molecule has 1 amide bonds. The van der Waals surface area contributed by atoms with E-state index in [-0.39, 0.29) is 24.2 Å². The van der Waals surface area contributed by atoms with E-state index < -0.39 is 10.0 Å². The monoisotopic (exact) mass is 378 g/mol. The Morgan fingerprint density at radius 2 is 1.74 bits per heavy atom. The molecule has 0 unspecified atom stereocenters. The van der Waals surface area contributed by atoms with Crippen molar-refractivity contribution < 1.29 is 13.2 Å². The maximum Gasteiger partial charge on any atom is 0.240 e. The molecule has 0 saturated heterocycles. The van der Waals surface area contributed by atoms with Crippen LogP contribution in [0.2, 0.25) is 10.0 Å². The van der Waals surface area contributed by atoms with Gasteiger partial charge in [0, 0.05) is 16.1 Å². The number of carbonyl (C=O) groups excluding carboxylic acids is 1. The Kier molecular flexibility index (Phi) is 6.17. The van der Waals surface area contributed by atoms with Gasteiger partial charge in [0.2, 0.25) is 15.9 Å². The average Bonchev–Trinajstić information content (AvgIpc) is 2.43. The van der Waals surface area contributed by atoms with Crippen LogP contribution in [0.1, 0.15) is 32.1 Å². The van der Waals surface area contributed by atoms with E-state index in [4.69, 9.17) is 23.2 Å². The molecule has 23 heavy (non-hydrogen) atoms. The highest BCUT2D eigenvalue weighted by molar-refractivity contribution is 7.92. The fourth-order valence-electron chi connectivity index (χ4n) is 2.73. The number of amides is 1. The number of sulfonamides is 1. The Morgan fingerprint density at radius 3 is 2.26 bits per heavy atom. The highest BCUT2D eigenvalue weighted by Gasteiger charge is 2.23. The summed E-state index contributed by atoms with van der Waals surface area (Å²) >= 11 is 11.9. The van der Waals surface area contributed by atoms with Gasteiger partial charge in [-0.2, -0.15) is 0 Å². The van der Waals surface area contributed by atoms with Crippen LogP contribution >= 0.6 is 23.2 Å². The minimum Gasteiger partial charge on any atom is -0.352 e. The van der Waals surface area contributed by atoms with Gasteiger partial charge in [0.25, 0.3) is 0 Å². The molecule has 0 aromatic heterocycles. The van der Waals surface area contributed by atoms with Gasteiger partial charge in [-0.15, -0.1) is 0 Å². The molecule has 1 N–H and O–H groups in total. The molecule has 0 spiro atoms. The summed E-state index contributed by atoms with van der Waals surface area (Å²) in [6, 6.07) is 4.58. The first kappa shape index (κ1) is 18.4. The molecule has 0 aliphatic heterocycles. The lowest BCUT2D eigenvalue weighted by atomic mass is 9.95. The SMILES string of the molecule is CS(=O)(=O)N(CC(=O)NC1CCCCC1)c1cc(Cl)cc(Cl)c1. The molecule has 1 aromatic rings. The number of halogens is 2. The molecule has 1 aliphatic carbocycles. The zero-order valence-electron chi connectivity index (χ0n) is 12.9. The number of anilines is 1. The average molecular weight is 379 g/mol. The topological polar surface area (TPSA) is 66.5 Å². The zero-order valence-corrected chi connectivity index (χ0v) is 15.2. The summed E-state index contributed by atoms with van der Waals surface area (Å²) < 4.78 is 25.1. The van der Waals surface area contributed by atoms with E-state index in [2.05, 4.69) is 5.32 Å². The molecule has 1 fully saturated rings. The fraction of sp³-hybridized carbons (Fsp3) is 0.533. The molecule has 1 aliphatic rings. The number of carbonyl (C=O) groups is 1. The van der Waals surface area contributed by atoms with Crippen LogP contribution in [0.5, 0.6) is 0 Å². The quantitative estimate of drug-likeness (QED) is 0.854. The molecule has 128 valence electrons. The van der Waals surface area contributed by atoms with Gasteiger partial charge >= 0.3 is 0 Å². The summed E-state index contributed by atoms with van der Waals surface area (Å²) in [7, 11) is -3.63. The van der Waals surface area contributed by atoms with E-state index in [0.717, 1.165) is 36.2 Å². The van der Waals surface area contributed by atoms with Crippen LogP contribution in [-0.4, -0.2) is 33.2 Å². The van der Waals surface area contributed by atoms with E-state index in [0.29, 0.717) is 10.0 Å². The van der Waals surface area contributed by atoms with Crippen molar-refractivity contribution in [2.45, 2.75) is 38.1 Å². The fourth-order valence-corrected chi connectivity index (χ4v) is 4.09. The first-order chi connectivity index (χ1) is 10.8. The van der Waals surface area contributed by atoms with Gasteiger partial charge < -0.3 is 5.32 Å². The normalized spacial score (nSPS) is 16.1. The Bertz CT molecular complexity index is 653. The van der Waals surface area contributed by atoms with Crippen LogP contribution in [0.15, 0.2) is 18.2 Å². The molecule has 1 saturated carbocycles.